The van der Waals surface area contributed by atoms with Crippen molar-refractivity contribution in [2.75, 3.05) is 21.7 Å². The van der Waals surface area contributed by atoms with Crippen LogP contribution in [0.4, 0.5) is 28.6 Å². The number of rotatable bonds is 6. The first-order valence-corrected chi connectivity index (χ1v) is 14.2. The Balaban J connectivity index is 1.24. The van der Waals surface area contributed by atoms with Crippen molar-refractivity contribution in [3.05, 3.63) is 133 Å². The van der Waals surface area contributed by atoms with Gasteiger partial charge < -0.3 is 19.6 Å². The lowest BCUT2D eigenvalue weighted by Crippen LogP contribution is -2.48. The summed E-state index contributed by atoms with van der Waals surface area (Å²) in [6.07, 6.45) is 10.9. The Bertz CT molecular complexity index is 1560. The molecule has 1 aromatic heterocycles. The highest BCUT2D eigenvalue weighted by molar-refractivity contribution is 5.86. The highest BCUT2D eigenvalue weighted by atomic mass is 15.4. The predicted octanol–water partition coefficient (Wildman–Crippen LogP) is 7.80. The van der Waals surface area contributed by atoms with Crippen LogP contribution in [0.5, 0.6) is 0 Å². The Morgan fingerprint density at radius 1 is 0.800 bits per heavy atom. The second kappa shape index (κ2) is 9.91. The fraction of sp³-hybridized carbons (Fsp3) is 0.229. The van der Waals surface area contributed by atoms with E-state index in [1.54, 1.807) is 0 Å². The van der Waals surface area contributed by atoms with Gasteiger partial charge >= 0.3 is 0 Å². The van der Waals surface area contributed by atoms with E-state index in [1.807, 2.05) is 12.3 Å². The number of benzene rings is 3. The molecule has 0 radical (unpaired) electrons. The number of para-hydroxylation sites is 3. The van der Waals surface area contributed by atoms with Crippen LogP contribution in [-0.4, -0.2) is 29.3 Å². The maximum atomic E-state index is 4.89. The van der Waals surface area contributed by atoms with Crippen LogP contribution in [0, 0.1) is 5.92 Å². The zero-order chi connectivity index (χ0) is 27.2. The molecule has 0 bridgehead atoms. The zero-order valence-corrected chi connectivity index (χ0v) is 23.1. The molecule has 4 heterocycles. The summed E-state index contributed by atoms with van der Waals surface area (Å²) in [6, 6.07) is 32.6. The third-order valence-corrected chi connectivity index (χ3v) is 8.87. The lowest BCUT2D eigenvalue weighted by Gasteiger charge is -2.45. The van der Waals surface area contributed by atoms with Crippen LogP contribution in [0.2, 0.25) is 0 Å². The smallest absolute Gasteiger partial charge is 0.158 e. The minimum Gasteiger partial charge on any atom is -0.358 e. The van der Waals surface area contributed by atoms with Crippen LogP contribution in [0.1, 0.15) is 30.4 Å². The maximum absolute atomic E-state index is 4.89. The van der Waals surface area contributed by atoms with Crippen molar-refractivity contribution in [1.82, 2.24) is 9.88 Å². The van der Waals surface area contributed by atoms with E-state index in [2.05, 4.69) is 144 Å². The Morgan fingerprint density at radius 3 is 2.35 bits per heavy atom. The van der Waals surface area contributed by atoms with Gasteiger partial charge in [-0.1, -0.05) is 60.7 Å². The second-order valence-corrected chi connectivity index (χ2v) is 11.0. The van der Waals surface area contributed by atoms with Gasteiger partial charge in [-0.25, -0.2) is 4.98 Å². The summed E-state index contributed by atoms with van der Waals surface area (Å²) < 4.78 is 0. The first-order chi connectivity index (χ1) is 19.7. The fourth-order valence-corrected chi connectivity index (χ4v) is 7.10. The van der Waals surface area contributed by atoms with Crippen molar-refractivity contribution in [2.24, 2.45) is 5.92 Å². The van der Waals surface area contributed by atoms with Crippen molar-refractivity contribution in [3.8, 4) is 0 Å². The molecule has 0 saturated carbocycles. The minimum absolute atomic E-state index is 0.0940. The predicted molar refractivity (Wildman–Crippen MR) is 165 cm³/mol. The molecular weight excluding hydrogens is 490 g/mol. The number of fused-ring (bicyclic) bond motifs is 4. The summed E-state index contributed by atoms with van der Waals surface area (Å²) in [5.74, 6) is 1.71. The molecule has 0 fully saturated rings. The normalized spacial score (nSPS) is 22.8. The maximum Gasteiger partial charge on any atom is 0.158 e. The van der Waals surface area contributed by atoms with Crippen LogP contribution >= 0.6 is 0 Å². The first kappa shape index (κ1) is 24.5. The number of aromatic nitrogens is 1. The van der Waals surface area contributed by atoms with Gasteiger partial charge in [0.15, 0.2) is 5.82 Å². The average Bonchev–Trinajstić information content (AvgIpc) is 3.53. The van der Waals surface area contributed by atoms with Gasteiger partial charge in [-0.3, -0.25) is 0 Å². The van der Waals surface area contributed by atoms with Gasteiger partial charge in [0.25, 0.3) is 0 Å². The Labute approximate surface area is 237 Å². The molecule has 0 saturated heterocycles. The van der Waals surface area contributed by atoms with Crippen molar-refractivity contribution in [1.29, 1.82) is 0 Å². The topological polar surface area (TPSA) is 25.9 Å². The number of pyridine rings is 1. The number of nitrogens with zero attached hydrogens (tertiary/aromatic N) is 5. The van der Waals surface area contributed by atoms with Gasteiger partial charge in [0.1, 0.15) is 12.3 Å². The summed E-state index contributed by atoms with van der Waals surface area (Å²) in [6.45, 7) is 6.58. The molecule has 0 aliphatic carbocycles. The number of hydrogen-bond donors (Lipinski definition) is 0. The highest BCUT2D eigenvalue weighted by Gasteiger charge is 2.42. The molecule has 0 N–H and O–H groups in total. The van der Waals surface area contributed by atoms with E-state index in [1.165, 1.54) is 28.2 Å². The van der Waals surface area contributed by atoms with Crippen molar-refractivity contribution in [3.63, 3.8) is 0 Å². The van der Waals surface area contributed by atoms with E-state index in [-0.39, 0.29) is 12.3 Å². The summed E-state index contributed by atoms with van der Waals surface area (Å²) in [4.78, 5) is 14.4. The van der Waals surface area contributed by atoms with E-state index in [4.69, 9.17) is 4.98 Å². The molecule has 200 valence electrons. The molecule has 3 aliphatic rings. The van der Waals surface area contributed by atoms with E-state index in [0.29, 0.717) is 11.8 Å². The molecule has 4 unspecified atom stereocenters. The average molecular weight is 526 g/mol. The molecular formula is C35H35N5. The van der Waals surface area contributed by atoms with E-state index in [9.17, 15) is 0 Å². The molecule has 0 spiro atoms. The lowest BCUT2D eigenvalue weighted by molar-refractivity contribution is 0.245. The third kappa shape index (κ3) is 3.80. The first-order valence-electron chi connectivity index (χ1n) is 14.2. The molecule has 3 aromatic carbocycles. The zero-order valence-electron chi connectivity index (χ0n) is 23.1. The SMILES string of the molecule is C=CC1C(CCc2ccccc2N2c3ncccc3N(c3ccccc3)C2C)c2ccccc2N2C=CN(C)C12. The summed E-state index contributed by atoms with van der Waals surface area (Å²) in [5.41, 5.74) is 7.62. The Kier molecular flexibility index (Phi) is 6.07. The monoisotopic (exact) mass is 525 g/mol. The quantitative estimate of drug-likeness (QED) is 0.239. The summed E-state index contributed by atoms with van der Waals surface area (Å²) >= 11 is 0. The number of aryl methyl sites for hydroxylation is 1. The van der Waals surface area contributed by atoms with Crippen LogP contribution in [0.25, 0.3) is 0 Å². The van der Waals surface area contributed by atoms with Gasteiger partial charge in [-0.15, -0.1) is 6.58 Å². The van der Waals surface area contributed by atoms with Gasteiger partial charge in [0.2, 0.25) is 0 Å². The van der Waals surface area contributed by atoms with Gasteiger partial charge in [0, 0.05) is 48.6 Å². The van der Waals surface area contributed by atoms with Crippen LogP contribution < -0.4 is 14.7 Å². The molecule has 4 aromatic rings. The molecule has 7 rings (SSSR count). The van der Waals surface area contributed by atoms with E-state index < -0.39 is 0 Å². The highest BCUT2D eigenvalue weighted by Crippen LogP contribution is 2.49. The van der Waals surface area contributed by atoms with Gasteiger partial charge in [-0.2, -0.15) is 0 Å². The van der Waals surface area contributed by atoms with Crippen molar-refractivity contribution in [2.45, 2.75) is 38.0 Å². The molecule has 0 amide bonds. The molecule has 5 nitrogen and oxygen atoms in total. The Morgan fingerprint density at radius 2 is 1.52 bits per heavy atom. The molecule has 40 heavy (non-hydrogen) atoms. The van der Waals surface area contributed by atoms with Gasteiger partial charge in [-0.05, 0) is 73.2 Å². The van der Waals surface area contributed by atoms with Crippen LogP contribution in [0.15, 0.2) is 122 Å². The minimum atomic E-state index is 0.0940. The summed E-state index contributed by atoms with van der Waals surface area (Å²) in [5, 5.41) is 0. The second-order valence-electron chi connectivity index (χ2n) is 11.0. The van der Waals surface area contributed by atoms with Crippen LogP contribution in [0.3, 0.4) is 0 Å². The lowest BCUT2D eigenvalue weighted by atomic mass is 9.76. The van der Waals surface area contributed by atoms with Crippen LogP contribution in [-0.2, 0) is 6.42 Å². The Hall–Kier alpha value is -4.51. The van der Waals surface area contributed by atoms with E-state index in [0.717, 1.165) is 24.3 Å². The van der Waals surface area contributed by atoms with Gasteiger partial charge in [0.05, 0.1) is 5.69 Å². The van der Waals surface area contributed by atoms with E-state index >= 15 is 0 Å². The molecule has 3 aliphatic heterocycles. The van der Waals surface area contributed by atoms with Crippen molar-refractivity contribution >= 4 is 28.6 Å². The molecule has 5 heteroatoms. The standard InChI is InChI=1S/C35H35N5/c1-4-28-29(30-16-9-11-18-32(30)38-24-23-37(3)35(28)38)21-20-26-13-8-10-17-31(26)40-25(2)39(27-14-6-5-7-15-27)33-19-12-22-36-34(33)40/h4-19,22-25,28-29,35H,1,20-21H2,2-3H3. The number of anilines is 5. The fourth-order valence-electron chi connectivity index (χ4n) is 7.10. The number of hydrogen-bond acceptors (Lipinski definition) is 5. The third-order valence-electron chi connectivity index (χ3n) is 8.87. The summed E-state index contributed by atoms with van der Waals surface area (Å²) in [7, 11) is 2.18. The molecule has 4 atom stereocenters. The van der Waals surface area contributed by atoms with Crippen molar-refractivity contribution < 1.29 is 0 Å². The largest absolute Gasteiger partial charge is 0.358 e.